The van der Waals surface area contributed by atoms with Gasteiger partial charge in [-0.05, 0) is 36.6 Å². The molecule has 0 saturated carbocycles. The van der Waals surface area contributed by atoms with Crippen LogP contribution in [0.15, 0.2) is 24.3 Å². The van der Waals surface area contributed by atoms with Gasteiger partial charge in [0.1, 0.15) is 17.7 Å². The molecule has 1 aromatic carbocycles. The van der Waals surface area contributed by atoms with Gasteiger partial charge in [0.05, 0.1) is 0 Å². The van der Waals surface area contributed by atoms with Crippen molar-refractivity contribution in [3.63, 3.8) is 0 Å². The number of rotatable bonds is 4. The SMILES string of the molecule is CN1CC(CN2CC(Oc3ccc(F)cc3)C2)CCC1=O. The summed E-state index contributed by atoms with van der Waals surface area (Å²) in [5, 5.41) is 0. The number of nitrogens with zero attached hydrogens (tertiary/aromatic N) is 2. The molecule has 1 unspecified atom stereocenters. The van der Waals surface area contributed by atoms with E-state index in [1.807, 2.05) is 11.9 Å². The molecule has 0 aromatic heterocycles. The van der Waals surface area contributed by atoms with E-state index in [1.165, 1.54) is 12.1 Å². The van der Waals surface area contributed by atoms with E-state index in [2.05, 4.69) is 4.90 Å². The number of halogens is 1. The second kappa shape index (κ2) is 6.02. The zero-order valence-corrected chi connectivity index (χ0v) is 12.3. The molecule has 0 bridgehead atoms. The monoisotopic (exact) mass is 292 g/mol. The van der Waals surface area contributed by atoms with Gasteiger partial charge in [-0.25, -0.2) is 4.39 Å². The highest BCUT2D eigenvalue weighted by atomic mass is 19.1. The lowest BCUT2D eigenvalue weighted by Gasteiger charge is -2.42. The van der Waals surface area contributed by atoms with Crippen LogP contribution in [0.25, 0.3) is 0 Å². The number of benzene rings is 1. The van der Waals surface area contributed by atoms with Crippen LogP contribution in [-0.4, -0.2) is 55.0 Å². The molecule has 1 atom stereocenters. The molecular formula is C16H21FN2O2. The number of hydrogen-bond acceptors (Lipinski definition) is 3. The first-order valence-electron chi connectivity index (χ1n) is 7.48. The van der Waals surface area contributed by atoms with Crippen molar-refractivity contribution in [1.29, 1.82) is 0 Å². The molecule has 4 nitrogen and oxygen atoms in total. The fourth-order valence-electron chi connectivity index (χ4n) is 3.06. The Labute approximate surface area is 124 Å². The second-order valence-corrected chi connectivity index (χ2v) is 6.09. The summed E-state index contributed by atoms with van der Waals surface area (Å²) in [5.41, 5.74) is 0. The Morgan fingerprint density at radius 2 is 1.95 bits per heavy atom. The first-order chi connectivity index (χ1) is 10.1. The quantitative estimate of drug-likeness (QED) is 0.848. The normalized spacial score (nSPS) is 24.0. The maximum Gasteiger partial charge on any atom is 0.222 e. The molecule has 3 rings (SSSR count). The van der Waals surface area contributed by atoms with Gasteiger partial charge in [-0.2, -0.15) is 0 Å². The number of amides is 1. The molecular weight excluding hydrogens is 271 g/mol. The van der Waals surface area contributed by atoms with Crippen LogP contribution in [0.2, 0.25) is 0 Å². The molecule has 2 heterocycles. The lowest BCUT2D eigenvalue weighted by Crippen LogP contribution is -2.56. The molecule has 2 aliphatic heterocycles. The predicted molar refractivity (Wildman–Crippen MR) is 77.6 cm³/mol. The largest absolute Gasteiger partial charge is 0.488 e. The van der Waals surface area contributed by atoms with E-state index >= 15 is 0 Å². The van der Waals surface area contributed by atoms with Gasteiger partial charge in [-0.1, -0.05) is 0 Å². The van der Waals surface area contributed by atoms with Crippen LogP contribution in [0.3, 0.4) is 0 Å². The van der Waals surface area contributed by atoms with E-state index in [9.17, 15) is 9.18 Å². The van der Waals surface area contributed by atoms with E-state index in [0.29, 0.717) is 12.3 Å². The third kappa shape index (κ3) is 3.53. The van der Waals surface area contributed by atoms with Gasteiger partial charge in [-0.15, -0.1) is 0 Å². The van der Waals surface area contributed by atoms with Crippen LogP contribution in [-0.2, 0) is 4.79 Å². The Morgan fingerprint density at radius 3 is 2.62 bits per heavy atom. The minimum absolute atomic E-state index is 0.193. The Bertz CT molecular complexity index is 500. The molecule has 114 valence electrons. The lowest BCUT2D eigenvalue weighted by atomic mass is 9.96. The number of carbonyl (C=O) groups is 1. The predicted octanol–water partition coefficient (Wildman–Crippen LogP) is 1.76. The Balaban J connectivity index is 1.40. The van der Waals surface area contributed by atoms with Gasteiger partial charge in [0, 0.05) is 39.6 Å². The van der Waals surface area contributed by atoms with Crippen molar-refractivity contribution in [2.24, 2.45) is 5.92 Å². The van der Waals surface area contributed by atoms with Crippen LogP contribution < -0.4 is 4.74 Å². The summed E-state index contributed by atoms with van der Waals surface area (Å²) in [6.45, 7) is 3.71. The summed E-state index contributed by atoms with van der Waals surface area (Å²) in [6, 6.07) is 6.17. The van der Waals surface area contributed by atoms with E-state index < -0.39 is 0 Å². The standard InChI is InChI=1S/C16H21FN2O2/c1-18-8-12(2-7-16(18)20)9-19-10-15(11-19)21-14-5-3-13(17)4-6-14/h3-6,12,15H,2,7-11H2,1H3. The lowest BCUT2D eigenvalue weighted by molar-refractivity contribution is -0.133. The number of carbonyl (C=O) groups excluding carboxylic acids is 1. The average Bonchev–Trinajstić information content (AvgIpc) is 2.42. The fraction of sp³-hybridized carbons (Fsp3) is 0.562. The third-order valence-electron chi connectivity index (χ3n) is 4.28. The van der Waals surface area contributed by atoms with Crippen LogP contribution in [0, 0.1) is 11.7 Å². The molecule has 2 saturated heterocycles. The van der Waals surface area contributed by atoms with Crippen molar-refractivity contribution in [1.82, 2.24) is 9.80 Å². The van der Waals surface area contributed by atoms with Crippen LogP contribution in [0.5, 0.6) is 5.75 Å². The van der Waals surface area contributed by atoms with Crippen molar-refractivity contribution >= 4 is 5.91 Å². The summed E-state index contributed by atoms with van der Waals surface area (Å²) in [5.74, 6) is 1.31. The van der Waals surface area contributed by atoms with E-state index in [0.717, 1.165) is 38.3 Å². The van der Waals surface area contributed by atoms with Crippen molar-refractivity contribution in [3.8, 4) is 5.75 Å². The Kier molecular flexibility index (Phi) is 4.10. The van der Waals surface area contributed by atoms with E-state index in [1.54, 1.807) is 12.1 Å². The highest BCUT2D eigenvalue weighted by molar-refractivity contribution is 5.76. The number of likely N-dealkylation sites (tertiary alicyclic amines) is 2. The summed E-state index contributed by atoms with van der Waals surface area (Å²) < 4.78 is 18.6. The maximum atomic E-state index is 12.8. The smallest absolute Gasteiger partial charge is 0.222 e. The fourth-order valence-corrected chi connectivity index (χ4v) is 3.06. The molecule has 0 aliphatic carbocycles. The maximum absolute atomic E-state index is 12.8. The van der Waals surface area contributed by atoms with Crippen LogP contribution in [0.1, 0.15) is 12.8 Å². The highest BCUT2D eigenvalue weighted by Gasteiger charge is 2.32. The highest BCUT2D eigenvalue weighted by Crippen LogP contribution is 2.22. The van der Waals surface area contributed by atoms with Crippen molar-refractivity contribution in [3.05, 3.63) is 30.1 Å². The second-order valence-electron chi connectivity index (χ2n) is 6.09. The average molecular weight is 292 g/mol. The number of ether oxygens (including phenoxy) is 1. The molecule has 0 spiro atoms. The Morgan fingerprint density at radius 1 is 1.24 bits per heavy atom. The summed E-state index contributed by atoms with van der Waals surface area (Å²) in [4.78, 5) is 15.7. The van der Waals surface area contributed by atoms with Gasteiger partial charge in [0.25, 0.3) is 0 Å². The van der Waals surface area contributed by atoms with Crippen molar-refractivity contribution in [2.75, 3.05) is 33.2 Å². The van der Waals surface area contributed by atoms with Gasteiger partial charge >= 0.3 is 0 Å². The third-order valence-corrected chi connectivity index (χ3v) is 4.28. The van der Waals surface area contributed by atoms with Gasteiger partial charge in [0.15, 0.2) is 0 Å². The van der Waals surface area contributed by atoms with Crippen LogP contribution in [0.4, 0.5) is 4.39 Å². The molecule has 2 fully saturated rings. The summed E-state index contributed by atoms with van der Waals surface area (Å²) in [7, 11) is 1.88. The van der Waals surface area contributed by atoms with Crippen molar-refractivity contribution in [2.45, 2.75) is 18.9 Å². The Hall–Kier alpha value is -1.62. The molecule has 1 amide bonds. The van der Waals surface area contributed by atoms with Gasteiger partial charge in [0.2, 0.25) is 5.91 Å². The first kappa shape index (κ1) is 14.3. The molecule has 2 aliphatic rings. The summed E-state index contributed by atoms with van der Waals surface area (Å²) in [6.07, 6.45) is 1.85. The molecule has 0 radical (unpaired) electrons. The minimum atomic E-state index is -0.242. The van der Waals surface area contributed by atoms with E-state index in [-0.39, 0.29) is 17.8 Å². The van der Waals surface area contributed by atoms with Gasteiger partial charge in [-0.3, -0.25) is 9.69 Å². The van der Waals surface area contributed by atoms with Crippen molar-refractivity contribution < 1.29 is 13.9 Å². The molecule has 5 heteroatoms. The number of hydrogen-bond donors (Lipinski definition) is 0. The molecule has 0 N–H and O–H groups in total. The zero-order chi connectivity index (χ0) is 14.8. The van der Waals surface area contributed by atoms with E-state index in [4.69, 9.17) is 4.74 Å². The first-order valence-corrected chi connectivity index (χ1v) is 7.48. The molecule has 21 heavy (non-hydrogen) atoms. The summed E-state index contributed by atoms with van der Waals surface area (Å²) >= 11 is 0. The number of piperidine rings is 1. The van der Waals surface area contributed by atoms with Gasteiger partial charge < -0.3 is 9.64 Å². The minimum Gasteiger partial charge on any atom is -0.488 e. The topological polar surface area (TPSA) is 32.8 Å². The van der Waals surface area contributed by atoms with Crippen LogP contribution >= 0.6 is 0 Å². The molecule has 1 aromatic rings. The zero-order valence-electron chi connectivity index (χ0n) is 12.3.